The van der Waals surface area contributed by atoms with Gasteiger partial charge in [0.1, 0.15) is 11.4 Å². The molecule has 0 bridgehead atoms. The van der Waals surface area contributed by atoms with Gasteiger partial charge in [0, 0.05) is 22.1 Å². The second kappa shape index (κ2) is 6.34. The monoisotopic (exact) mass is 332 g/mol. The van der Waals surface area contributed by atoms with Gasteiger partial charge in [-0.2, -0.15) is 0 Å². The minimum absolute atomic E-state index is 0.318. The van der Waals surface area contributed by atoms with E-state index in [0.29, 0.717) is 22.9 Å². The van der Waals surface area contributed by atoms with Crippen molar-refractivity contribution < 1.29 is 0 Å². The molecular formula is C16H13ClN2O2S. The summed E-state index contributed by atoms with van der Waals surface area (Å²) in [5.41, 5.74) is 0.434. The number of hydrogen-bond acceptors (Lipinski definition) is 5. The fourth-order valence-electron chi connectivity index (χ4n) is 2.12. The first-order chi connectivity index (χ1) is 10.6. The molecule has 4 nitrogen and oxygen atoms in total. The molecule has 0 saturated carbocycles. The molecule has 0 atom stereocenters. The van der Waals surface area contributed by atoms with Crippen LogP contribution in [0.4, 0.5) is 17.1 Å². The van der Waals surface area contributed by atoms with Crippen LogP contribution in [0.25, 0.3) is 0 Å². The van der Waals surface area contributed by atoms with Crippen molar-refractivity contribution in [1.29, 1.82) is 0 Å². The standard InChI is InChI=1S/C16H13ClN2O2S/c17-10-3-5-11(6-4-10)19-14-13(15(20)16(14)21)18-8-7-12-2-1-9-22-12/h1-6,9,18-19H,7-8H2. The van der Waals surface area contributed by atoms with Crippen LogP contribution in [-0.4, -0.2) is 6.54 Å². The summed E-state index contributed by atoms with van der Waals surface area (Å²) in [7, 11) is 0. The molecular weight excluding hydrogens is 320 g/mol. The third-order valence-corrected chi connectivity index (χ3v) is 4.47. The normalized spacial score (nSPS) is 10.8. The highest BCUT2D eigenvalue weighted by atomic mass is 35.5. The average molecular weight is 333 g/mol. The van der Waals surface area contributed by atoms with Crippen molar-refractivity contribution in [2.45, 2.75) is 6.42 Å². The average Bonchev–Trinajstić information content (AvgIpc) is 3.04. The molecule has 0 unspecified atom stereocenters. The largest absolute Gasteiger partial charge is 0.380 e. The van der Waals surface area contributed by atoms with Gasteiger partial charge in [-0.3, -0.25) is 9.59 Å². The Kier molecular flexibility index (Phi) is 4.27. The lowest BCUT2D eigenvalue weighted by Gasteiger charge is -2.14. The molecule has 2 N–H and O–H groups in total. The lowest BCUT2D eigenvalue weighted by atomic mass is 10.1. The second-order valence-corrected chi connectivity index (χ2v) is 6.26. The number of halogens is 1. The molecule has 1 aromatic heterocycles. The second-order valence-electron chi connectivity index (χ2n) is 4.80. The first kappa shape index (κ1) is 14.8. The predicted octanol–water partition coefficient (Wildman–Crippen LogP) is 3.40. The van der Waals surface area contributed by atoms with Crippen LogP contribution in [0.5, 0.6) is 0 Å². The summed E-state index contributed by atoms with van der Waals surface area (Å²) in [6.45, 7) is 0.612. The Bertz CT molecular complexity index is 834. The zero-order chi connectivity index (χ0) is 15.5. The molecule has 2 aromatic carbocycles. The Labute approximate surface area is 136 Å². The first-order valence-electron chi connectivity index (χ1n) is 6.77. The Morgan fingerprint density at radius 2 is 1.73 bits per heavy atom. The summed E-state index contributed by atoms with van der Waals surface area (Å²) in [5.74, 6) is 0. The third kappa shape index (κ3) is 3.05. The number of rotatable bonds is 6. The zero-order valence-electron chi connectivity index (χ0n) is 11.6. The van der Waals surface area contributed by atoms with Gasteiger partial charge < -0.3 is 10.6 Å². The number of benzene rings is 1. The van der Waals surface area contributed by atoms with Gasteiger partial charge in [0.25, 0.3) is 10.9 Å². The summed E-state index contributed by atoms with van der Waals surface area (Å²) in [6.07, 6.45) is 0.816. The summed E-state index contributed by atoms with van der Waals surface area (Å²) in [6, 6.07) is 11.0. The van der Waals surface area contributed by atoms with Crippen LogP contribution in [-0.2, 0) is 6.42 Å². The van der Waals surface area contributed by atoms with Crippen molar-refractivity contribution in [3.05, 3.63) is 72.1 Å². The van der Waals surface area contributed by atoms with Crippen LogP contribution in [0.1, 0.15) is 4.88 Å². The summed E-state index contributed by atoms with van der Waals surface area (Å²) in [5, 5.41) is 8.65. The minimum Gasteiger partial charge on any atom is -0.380 e. The van der Waals surface area contributed by atoms with E-state index in [9.17, 15) is 9.59 Å². The predicted molar refractivity (Wildman–Crippen MR) is 92.6 cm³/mol. The lowest BCUT2D eigenvalue weighted by Crippen LogP contribution is -2.37. The summed E-state index contributed by atoms with van der Waals surface area (Å²) < 4.78 is 0. The van der Waals surface area contributed by atoms with Gasteiger partial charge in [0.2, 0.25) is 0 Å². The van der Waals surface area contributed by atoms with Crippen molar-refractivity contribution in [1.82, 2.24) is 0 Å². The van der Waals surface area contributed by atoms with Crippen LogP contribution < -0.4 is 21.5 Å². The number of nitrogens with one attached hydrogen (secondary N) is 2. The summed E-state index contributed by atoms with van der Waals surface area (Å²) in [4.78, 5) is 24.6. The fraction of sp³-hybridized carbons (Fsp3) is 0.125. The van der Waals surface area contributed by atoms with Gasteiger partial charge in [-0.15, -0.1) is 11.3 Å². The van der Waals surface area contributed by atoms with Crippen molar-refractivity contribution in [3.63, 3.8) is 0 Å². The molecule has 1 heterocycles. The molecule has 6 heteroatoms. The molecule has 22 heavy (non-hydrogen) atoms. The molecule has 0 saturated heterocycles. The Morgan fingerprint density at radius 3 is 2.41 bits per heavy atom. The molecule has 0 aliphatic carbocycles. The molecule has 3 rings (SSSR count). The summed E-state index contributed by atoms with van der Waals surface area (Å²) >= 11 is 7.49. The zero-order valence-corrected chi connectivity index (χ0v) is 13.1. The van der Waals surface area contributed by atoms with Gasteiger partial charge in [-0.05, 0) is 42.1 Å². The maximum absolute atomic E-state index is 11.7. The molecule has 0 radical (unpaired) electrons. The van der Waals surface area contributed by atoms with Gasteiger partial charge in [-0.25, -0.2) is 0 Å². The minimum atomic E-state index is -0.492. The van der Waals surface area contributed by atoms with E-state index in [1.54, 1.807) is 35.6 Å². The SMILES string of the molecule is O=c1c(NCCc2cccs2)c(Nc2ccc(Cl)cc2)c1=O. The molecule has 0 amide bonds. The first-order valence-corrected chi connectivity index (χ1v) is 8.03. The van der Waals surface area contributed by atoms with Crippen molar-refractivity contribution in [3.8, 4) is 0 Å². The van der Waals surface area contributed by atoms with Gasteiger partial charge >= 0.3 is 0 Å². The lowest BCUT2D eigenvalue weighted by molar-refractivity contribution is 1.04. The van der Waals surface area contributed by atoms with Gasteiger partial charge in [0.05, 0.1) is 0 Å². The van der Waals surface area contributed by atoms with E-state index in [4.69, 9.17) is 11.6 Å². The Morgan fingerprint density at radius 1 is 1.00 bits per heavy atom. The van der Waals surface area contributed by atoms with Crippen LogP contribution in [0.3, 0.4) is 0 Å². The maximum atomic E-state index is 11.7. The third-order valence-electron chi connectivity index (χ3n) is 3.28. The number of hydrogen-bond donors (Lipinski definition) is 2. The van der Waals surface area contributed by atoms with Crippen LogP contribution in [0, 0.1) is 0 Å². The van der Waals surface area contributed by atoms with E-state index in [0.717, 1.165) is 12.1 Å². The van der Waals surface area contributed by atoms with E-state index in [1.165, 1.54) is 4.88 Å². The smallest absolute Gasteiger partial charge is 0.253 e. The molecule has 112 valence electrons. The van der Waals surface area contributed by atoms with E-state index in [2.05, 4.69) is 10.6 Å². The Balaban J connectivity index is 1.67. The molecule has 0 aliphatic heterocycles. The number of thiophene rings is 1. The van der Waals surface area contributed by atoms with Gasteiger partial charge in [0.15, 0.2) is 0 Å². The molecule has 0 aliphatic rings. The quantitative estimate of drug-likeness (QED) is 0.679. The highest BCUT2D eigenvalue weighted by Crippen LogP contribution is 2.22. The van der Waals surface area contributed by atoms with Crippen molar-refractivity contribution in [2.75, 3.05) is 17.2 Å². The van der Waals surface area contributed by atoms with E-state index >= 15 is 0 Å². The molecule has 0 fully saturated rings. The van der Waals surface area contributed by atoms with Crippen LogP contribution >= 0.6 is 22.9 Å². The molecule has 0 spiro atoms. The highest BCUT2D eigenvalue weighted by molar-refractivity contribution is 7.09. The van der Waals surface area contributed by atoms with E-state index in [1.807, 2.05) is 17.5 Å². The van der Waals surface area contributed by atoms with Crippen LogP contribution in [0.15, 0.2) is 51.4 Å². The topological polar surface area (TPSA) is 58.2 Å². The van der Waals surface area contributed by atoms with Crippen molar-refractivity contribution in [2.24, 2.45) is 0 Å². The van der Waals surface area contributed by atoms with E-state index < -0.39 is 10.9 Å². The fourth-order valence-corrected chi connectivity index (χ4v) is 2.96. The Hall–Kier alpha value is -2.11. The highest BCUT2D eigenvalue weighted by Gasteiger charge is 2.20. The maximum Gasteiger partial charge on any atom is 0.253 e. The number of anilines is 3. The molecule has 3 aromatic rings. The van der Waals surface area contributed by atoms with Gasteiger partial charge in [-0.1, -0.05) is 17.7 Å². The van der Waals surface area contributed by atoms with Crippen LogP contribution in [0.2, 0.25) is 5.02 Å². The van der Waals surface area contributed by atoms with Crippen molar-refractivity contribution >= 4 is 40.0 Å². The van der Waals surface area contributed by atoms with E-state index in [-0.39, 0.29) is 0 Å².